The van der Waals surface area contributed by atoms with Crippen LogP contribution in [0, 0.1) is 0 Å². The van der Waals surface area contributed by atoms with E-state index < -0.39 is 18.9 Å². The summed E-state index contributed by atoms with van der Waals surface area (Å²) in [4.78, 5) is 13.2. The maximum atomic E-state index is 12.5. The van der Waals surface area contributed by atoms with Crippen molar-refractivity contribution in [2.75, 3.05) is 26.3 Å². The van der Waals surface area contributed by atoms with Crippen LogP contribution in [0.2, 0.25) is 0 Å². The molecule has 1 aliphatic heterocycles. The fourth-order valence-electron chi connectivity index (χ4n) is 2.04. The van der Waals surface area contributed by atoms with E-state index in [0.29, 0.717) is 11.3 Å². The quantitative estimate of drug-likeness (QED) is 0.875. The highest BCUT2D eigenvalue weighted by atomic mass is 79.9. The standard InChI is InChI=1S/C14H14BrF2NO3/c15-11-1-2-12-9(6-11)5-10(8-21-12)14(20)18(3-4-19)7-13(16)17/h1-2,5-6,13,19H,3-4,7-8H2. The summed E-state index contributed by atoms with van der Waals surface area (Å²) in [5, 5.41) is 8.90. The second-order valence-corrected chi connectivity index (χ2v) is 5.42. The molecule has 1 heterocycles. The minimum Gasteiger partial charge on any atom is -0.488 e. The molecule has 0 saturated heterocycles. The number of amides is 1. The lowest BCUT2D eigenvalue weighted by Gasteiger charge is -2.25. The molecule has 0 atom stereocenters. The highest BCUT2D eigenvalue weighted by Crippen LogP contribution is 2.29. The Morgan fingerprint density at radius 2 is 2.24 bits per heavy atom. The van der Waals surface area contributed by atoms with Gasteiger partial charge in [-0.2, -0.15) is 0 Å². The van der Waals surface area contributed by atoms with Crippen molar-refractivity contribution < 1.29 is 23.4 Å². The van der Waals surface area contributed by atoms with E-state index in [0.717, 1.165) is 9.37 Å². The molecule has 1 aliphatic rings. The summed E-state index contributed by atoms with van der Waals surface area (Å²) in [5.74, 6) is 0.0901. The Kier molecular flexibility index (Phi) is 5.30. The molecule has 0 saturated carbocycles. The number of halogens is 3. The topological polar surface area (TPSA) is 49.8 Å². The molecule has 2 rings (SSSR count). The molecule has 4 nitrogen and oxygen atoms in total. The van der Waals surface area contributed by atoms with Crippen LogP contribution in [0.1, 0.15) is 5.56 Å². The van der Waals surface area contributed by atoms with E-state index in [1.165, 1.54) is 0 Å². The summed E-state index contributed by atoms with van der Waals surface area (Å²) < 4.78 is 31.3. The van der Waals surface area contributed by atoms with Gasteiger partial charge in [0.1, 0.15) is 12.4 Å². The Labute approximate surface area is 129 Å². The zero-order valence-electron chi connectivity index (χ0n) is 11.1. The molecule has 0 fully saturated rings. The lowest BCUT2D eigenvalue weighted by Crippen LogP contribution is -2.39. The summed E-state index contributed by atoms with van der Waals surface area (Å²) in [5.41, 5.74) is 0.995. The second kappa shape index (κ2) is 7.00. The van der Waals surface area contributed by atoms with Crippen molar-refractivity contribution in [3.63, 3.8) is 0 Å². The number of carbonyl (C=O) groups is 1. The molecule has 0 radical (unpaired) electrons. The first-order valence-corrected chi connectivity index (χ1v) is 7.11. The normalized spacial score (nSPS) is 13.5. The van der Waals surface area contributed by atoms with Crippen LogP contribution in [0.25, 0.3) is 6.08 Å². The van der Waals surface area contributed by atoms with E-state index in [4.69, 9.17) is 9.84 Å². The molecule has 0 aromatic heterocycles. The molecule has 114 valence electrons. The molecular weight excluding hydrogens is 348 g/mol. The van der Waals surface area contributed by atoms with E-state index in [9.17, 15) is 13.6 Å². The average molecular weight is 362 g/mol. The van der Waals surface area contributed by atoms with Crippen molar-refractivity contribution >= 4 is 27.9 Å². The monoisotopic (exact) mass is 361 g/mol. The molecule has 0 spiro atoms. The molecular formula is C14H14BrF2NO3. The smallest absolute Gasteiger partial charge is 0.255 e. The number of hydrogen-bond acceptors (Lipinski definition) is 3. The highest BCUT2D eigenvalue weighted by Gasteiger charge is 2.24. The van der Waals surface area contributed by atoms with Crippen molar-refractivity contribution in [3.8, 4) is 5.75 Å². The second-order valence-electron chi connectivity index (χ2n) is 4.51. The van der Waals surface area contributed by atoms with E-state index in [-0.39, 0.29) is 25.3 Å². The number of benzene rings is 1. The zero-order valence-corrected chi connectivity index (χ0v) is 12.6. The van der Waals surface area contributed by atoms with Gasteiger partial charge in [0.15, 0.2) is 0 Å². The van der Waals surface area contributed by atoms with Crippen LogP contribution in [0.4, 0.5) is 8.78 Å². The van der Waals surface area contributed by atoms with Crippen LogP contribution in [0.3, 0.4) is 0 Å². The van der Waals surface area contributed by atoms with Gasteiger partial charge in [0, 0.05) is 16.6 Å². The average Bonchev–Trinajstić information content (AvgIpc) is 2.44. The van der Waals surface area contributed by atoms with E-state index in [2.05, 4.69) is 15.9 Å². The summed E-state index contributed by atoms with van der Waals surface area (Å²) in [6.45, 7) is -1.18. The fourth-order valence-corrected chi connectivity index (χ4v) is 2.42. The molecule has 0 aliphatic carbocycles. The Balaban J connectivity index is 2.22. The number of aliphatic hydroxyl groups excluding tert-OH is 1. The third-order valence-electron chi connectivity index (χ3n) is 2.97. The van der Waals surface area contributed by atoms with Gasteiger partial charge in [-0.3, -0.25) is 4.79 Å². The Morgan fingerprint density at radius 3 is 2.90 bits per heavy atom. The summed E-state index contributed by atoms with van der Waals surface area (Å²) in [6.07, 6.45) is -1.02. The highest BCUT2D eigenvalue weighted by molar-refractivity contribution is 9.10. The predicted octanol–water partition coefficient (Wildman–Crippen LogP) is 2.31. The van der Waals surface area contributed by atoms with Gasteiger partial charge in [-0.15, -0.1) is 0 Å². The third kappa shape index (κ3) is 4.01. The molecule has 21 heavy (non-hydrogen) atoms. The van der Waals surface area contributed by atoms with Gasteiger partial charge in [0.2, 0.25) is 0 Å². The van der Waals surface area contributed by atoms with Crippen molar-refractivity contribution in [3.05, 3.63) is 33.8 Å². The maximum Gasteiger partial charge on any atom is 0.255 e. The fraction of sp³-hybridized carbons (Fsp3) is 0.357. The SMILES string of the molecule is O=C(C1=Cc2cc(Br)ccc2OC1)N(CCO)CC(F)F. The minimum absolute atomic E-state index is 0.0264. The summed E-state index contributed by atoms with van der Waals surface area (Å²) in [6, 6.07) is 5.36. The molecule has 1 N–H and O–H groups in total. The van der Waals surface area contributed by atoms with Crippen molar-refractivity contribution in [2.24, 2.45) is 0 Å². The number of ether oxygens (including phenoxy) is 1. The van der Waals surface area contributed by atoms with Gasteiger partial charge in [-0.25, -0.2) is 8.78 Å². The van der Waals surface area contributed by atoms with Gasteiger partial charge in [0.25, 0.3) is 12.3 Å². The van der Waals surface area contributed by atoms with Gasteiger partial charge < -0.3 is 14.7 Å². The van der Waals surface area contributed by atoms with Crippen molar-refractivity contribution in [2.45, 2.75) is 6.43 Å². The molecule has 7 heteroatoms. The van der Waals surface area contributed by atoms with Gasteiger partial charge in [0.05, 0.1) is 18.7 Å². The van der Waals surface area contributed by atoms with Crippen LogP contribution in [0.15, 0.2) is 28.2 Å². The molecule has 1 aromatic rings. The Bertz CT molecular complexity index is 563. The number of nitrogens with zero attached hydrogens (tertiary/aromatic N) is 1. The van der Waals surface area contributed by atoms with Crippen LogP contribution in [-0.4, -0.2) is 48.6 Å². The van der Waals surface area contributed by atoms with Gasteiger partial charge in [-0.05, 0) is 24.3 Å². The summed E-state index contributed by atoms with van der Waals surface area (Å²) >= 11 is 3.32. The van der Waals surface area contributed by atoms with Crippen molar-refractivity contribution in [1.82, 2.24) is 4.90 Å². The first-order chi connectivity index (χ1) is 10.0. The van der Waals surface area contributed by atoms with Crippen LogP contribution >= 0.6 is 15.9 Å². The Morgan fingerprint density at radius 1 is 1.48 bits per heavy atom. The number of carbonyl (C=O) groups excluding carboxylic acids is 1. The minimum atomic E-state index is -2.65. The molecule has 0 bridgehead atoms. The molecule has 1 amide bonds. The molecule has 1 aromatic carbocycles. The van der Waals surface area contributed by atoms with Gasteiger partial charge >= 0.3 is 0 Å². The number of hydrogen-bond donors (Lipinski definition) is 1. The first-order valence-electron chi connectivity index (χ1n) is 6.32. The maximum absolute atomic E-state index is 12.5. The van der Waals surface area contributed by atoms with Crippen molar-refractivity contribution in [1.29, 1.82) is 0 Å². The van der Waals surface area contributed by atoms with Gasteiger partial charge in [-0.1, -0.05) is 15.9 Å². The number of fused-ring (bicyclic) bond motifs is 1. The number of aliphatic hydroxyl groups is 1. The lowest BCUT2D eigenvalue weighted by atomic mass is 10.1. The number of rotatable bonds is 5. The molecule has 0 unspecified atom stereocenters. The number of alkyl halides is 2. The largest absolute Gasteiger partial charge is 0.488 e. The van der Waals surface area contributed by atoms with Crippen LogP contribution in [-0.2, 0) is 4.79 Å². The first kappa shape index (κ1) is 15.9. The van der Waals surface area contributed by atoms with Crippen LogP contribution < -0.4 is 4.74 Å². The summed E-state index contributed by atoms with van der Waals surface area (Å²) in [7, 11) is 0. The van der Waals surface area contributed by atoms with E-state index in [1.807, 2.05) is 6.07 Å². The van der Waals surface area contributed by atoms with E-state index >= 15 is 0 Å². The lowest BCUT2D eigenvalue weighted by molar-refractivity contribution is -0.129. The Hall–Kier alpha value is -1.47. The third-order valence-corrected chi connectivity index (χ3v) is 3.47. The van der Waals surface area contributed by atoms with Crippen LogP contribution in [0.5, 0.6) is 5.75 Å². The predicted molar refractivity (Wildman–Crippen MR) is 77.3 cm³/mol. The van der Waals surface area contributed by atoms with E-state index in [1.54, 1.807) is 18.2 Å². The zero-order chi connectivity index (χ0) is 15.4.